The first-order valence-corrected chi connectivity index (χ1v) is 5.67. The zero-order valence-electron chi connectivity index (χ0n) is 9.93. The molecule has 1 atom stereocenters. The minimum Gasteiger partial charge on any atom is -0.444 e. The van der Waals surface area contributed by atoms with Crippen molar-refractivity contribution in [1.82, 2.24) is 10.6 Å². The second kappa shape index (κ2) is 5.35. The summed E-state index contributed by atoms with van der Waals surface area (Å²) >= 11 is 0. The van der Waals surface area contributed by atoms with Gasteiger partial charge in [-0.2, -0.15) is 0 Å². The Morgan fingerprint density at radius 1 is 1.47 bits per heavy atom. The van der Waals surface area contributed by atoms with E-state index in [0.717, 1.165) is 13.0 Å². The van der Waals surface area contributed by atoms with E-state index < -0.39 is 5.60 Å². The fraction of sp³-hybridized carbons (Fsp3) is 0.909. The van der Waals surface area contributed by atoms with Crippen LogP contribution in [0.2, 0.25) is 0 Å². The maximum absolute atomic E-state index is 11.3. The number of carbonyl (C=O) groups excluding carboxylic acids is 1. The molecule has 0 radical (unpaired) electrons. The number of nitrogens with one attached hydrogen (secondary N) is 2. The molecule has 4 nitrogen and oxygen atoms in total. The number of alkyl carbamates (subject to hydrolysis) is 1. The van der Waals surface area contributed by atoms with Gasteiger partial charge < -0.3 is 15.4 Å². The summed E-state index contributed by atoms with van der Waals surface area (Å²) < 4.78 is 5.15. The third-order valence-corrected chi connectivity index (χ3v) is 2.30. The molecule has 1 aliphatic rings. The molecule has 1 rings (SSSR count). The van der Waals surface area contributed by atoms with Crippen LogP contribution in [0, 0.1) is 0 Å². The summed E-state index contributed by atoms with van der Waals surface area (Å²) in [6, 6.07) is 0.409. The molecule has 88 valence electrons. The third-order valence-electron chi connectivity index (χ3n) is 2.30. The van der Waals surface area contributed by atoms with Gasteiger partial charge in [0.05, 0.1) is 0 Å². The van der Waals surface area contributed by atoms with Crippen molar-refractivity contribution in [3.63, 3.8) is 0 Å². The fourth-order valence-corrected chi connectivity index (χ4v) is 1.62. The minimum absolute atomic E-state index is 0.324. The summed E-state index contributed by atoms with van der Waals surface area (Å²) in [7, 11) is 0. The standard InChI is InChI=1S/C11H22N2O2/c1-11(2,3)15-10(14)13-8-9-6-4-5-7-12-9/h9,12H,4-8H2,1-3H3,(H,13,14)/t9-/m0/s1. The Labute approximate surface area is 91.8 Å². The van der Waals surface area contributed by atoms with Gasteiger partial charge in [0.25, 0.3) is 0 Å². The van der Waals surface area contributed by atoms with Gasteiger partial charge in [0, 0.05) is 12.6 Å². The lowest BCUT2D eigenvalue weighted by molar-refractivity contribution is 0.0520. The number of carbonyl (C=O) groups is 1. The average molecular weight is 214 g/mol. The van der Waals surface area contributed by atoms with Crippen molar-refractivity contribution in [3.8, 4) is 0 Å². The van der Waals surface area contributed by atoms with Gasteiger partial charge in [0.2, 0.25) is 0 Å². The Morgan fingerprint density at radius 3 is 2.73 bits per heavy atom. The summed E-state index contributed by atoms with van der Waals surface area (Å²) in [5.74, 6) is 0. The normalized spacial score (nSPS) is 22.2. The molecule has 0 bridgehead atoms. The van der Waals surface area contributed by atoms with Gasteiger partial charge in [-0.15, -0.1) is 0 Å². The second-order valence-electron chi connectivity index (χ2n) is 5.03. The van der Waals surface area contributed by atoms with E-state index in [1.807, 2.05) is 20.8 Å². The lowest BCUT2D eigenvalue weighted by Gasteiger charge is -2.25. The van der Waals surface area contributed by atoms with E-state index in [9.17, 15) is 4.79 Å². The van der Waals surface area contributed by atoms with E-state index >= 15 is 0 Å². The molecule has 0 unspecified atom stereocenters. The molecule has 2 N–H and O–H groups in total. The fourth-order valence-electron chi connectivity index (χ4n) is 1.62. The highest BCUT2D eigenvalue weighted by atomic mass is 16.6. The molecule has 0 aromatic rings. The van der Waals surface area contributed by atoms with E-state index in [0.29, 0.717) is 12.6 Å². The van der Waals surface area contributed by atoms with Gasteiger partial charge >= 0.3 is 6.09 Å². The number of hydrogen-bond acceptors (Lipinski definition) is 3. The molecule has 1 fully saturated rings. The zero-order chi connectivity index (χ0) is 11.3. The van der Waals surface area contributed by atoms with E-state index in [1.165, 1.54) is 12.8 Å². The number of rotatable bonds is 2. The van der Waals surface area contributed by atoms with Crippen molar-refractivity contribution >= 4 is 6.09 Å². The Kier molecular flexibility index (Phi) is 4.39. The SMILES string of the molecule is CC(C)(C)OC(=O)NC[C@@H]1CCCCN1. The summed E-state index contributed by atoms with van der Waals surface area (Å²) in [6.07, 6.45) is 3.29. The van der Waals surface area contributed by atoms with Crippen molar-refractivity contribution in [1.29, 1.82) is 0 Å². The van der Waals surface area contributed by atoms with Gasteiger partial charge in [0.15, 0.2) is 0 Å². The van der Waals surface area contributed by atoms with Crippen LogP contribution in [0.15, 0.2) is 0 Å². The zero-order valence-corrected chi connectivity index (χ0v) is 9.93. The summed E-state index contributed by atoms with van der Waals surface area (Å²) in [5.41, 5.74) is -0.413. The van der Waals surface area contributed by atoms with Crippen LogP contribution < -0.4 is 10.6 Å². The largest absolute Gasteiger partial charge is 0.444 e. The van der Waals surface area contributed by atoms with Gasteiger partial charge in [-0.25, -0.2) is 4.79 Å². The molecular formula is C11H22N2O2. The van der Waals surface area contributed by atoms with Crippen molar-refractivity contribution in [3.05, 3.63) is 0 Å². The van der Waals surface area contributed by atoms with E-state index in [1.54, 1.807) is 0 Å². The van der Waals surface area contributed by atoms with E-state index in [-0.39, 0.29) is 6.09 Å². The Hall–Kier alpha value is -0.770. The van der Waals surface area contributed by atoms with Crippen LogP contribution in [0.3, 0.4) is 0 Å². The van der Waals surface area contributed by atoms with Gasteiger partial charge in [-0.05, 0) is 40.2 Å². The van der Waals surface area contributed by atoms with Crippen molar-refractivity contribution < 1.29 is 9.53 Å². The van der Waals surface area contributed by atoms with E-state index in [2.05, 4.69) is 10.6 Å². The van der Waals surface area contributed by atoms with Crippen LogP contribution in [0.5, 0.6) is 0 Å². The van der Waals surface area contributed by atoms with Crippen LogP contribution >= 0.6 is 0 Å². The average Bonchev–Trinajstić information content (AvgIpc) is 2.14. The Balaban J connectivity index is 2.15. The molecule has 15 heavy (non-hydrogen) atoms. The van der Waals surface area contributed by atoms with Gasteiger partial charge in [-0.3, -0.25) is 0 Å². The molecule has 1 heterocycles. The first-order chi connectivity index (χ1) is 6.97. The molecule has 1 saturated heterocycles. The highest BCUT2D eigenvalue weighted by Crippen LogP contribution is 2.08. The first-order valence-electron chi connectivity index (χ1n) is 5.67. The minimum atomic E-state index is -0.413. The Bertz CT molecular complexity index is 205. The highest BCUT2D eigenvalue weighted by molar-refractivity contribution is 5.67. The summed E-state index contributed by atoms with van der Waals surface area (Å²) in [5, 5.41) is 6.15. The van der Waals surface area contributed by atoms with Crippen LogP contribution in [-0.2, 0) is 4.74 Å². The molecule has 1 aliphatic heterocycles. The smallest absolute Gasteiger partial charge is 0.407 e. The Morgan fingerprint density at radius 2 is 2.20 bits per heavy atom. The maximum atomic E-state index is 11.3. The van der Waals surface area contributed by atoms with Crippen LogP contribution in [-0.4, -0.2) is 30.8 Å². The topological polar surface area (TPSA) is 50.4 Å². The van der Waals surface area contributed by atoms with Gasteiger partial charge in [-0.1, -0.05) is 6.42 Å². The number of ether oxygens (including phenoxy) is 1. The van der Waals surface area contributed by atoms with Crippen LogP contribution in [0.1, 0.15) is 40.0 Å². The maximum Gasteiger partial charge on any atom is 0.407 e. The predicted octanol–water partition coefficient (Wildman–Crippen LogP) is 1.65. The molecule has 4 heteroatoms. The molecule has 0 spiro atoms. The monoisotopic (exact) mass is 214 g/mol. The van der Waals surface area contributed by atoms with Crippen molar-refractivity contribution in [2.45, 2.75) is 51.7 Å². The lowest BCUT2D eigenvalue weighted by atomic mass is 10.1. The molecule has 0 aromatic heterocycles. The molecule has 1 amide bonds. The summed E-state index contributed by atoms with van der Waals surface area (Å²) in [4.78, 5) is 11.3. The lowest BCUT2D eigenvalue weighted by Crippen LogP contribution is -2.44. The number of piperidine rings is 1. The summed E-state index contributed by atoms with van der Waals surface area (Å²) in [6.45, 7) is 7.32. The second-order valence-corrected chi connectivity index (χ2v) is 5.03. The molecule has 0 aliphatic carbocycles. The van der Waals surface area contributed by atoms with Crippen LogP contribution in [0.4, 0.5) is 4.79 Å². The molecular weight excluding hydrogens is 192 g/mol. The van der Waals surface area contributed by atoms with Crippen molar-refractivity contribution in [2.24, 2.45) is 0 Å². The highest BCUT2D eigenvalue weighted by Gasteiger charge is 2.18. The van der Waals surface area contributed by atoms with Crippen molar-refractivity contribution in [2.75, 3.05) is 13.1 Å². The quantitative estimate of drug-likeness (QED) is 0.735. The molecule has 0 aromatic carbocycles. The number of hydrogen-bond donors (Lipinski definition) is 2. The van der Waals surface area contributed by atoms with Crippen LogP contribution in [0.25, 0.3) is 0 Å². The first kappa shape index (κ1) is 12.3. The third kappa shape index (κ3) is 5.62. The van der Waals surface area contributed by atoms with Gasteiger partial charge in [0.1, 0.15) is 5.60 Å². The number of amides is 1. The molecule has 0 saturated carbocycles. The van der Waals surface area contributed by atoms with E-state index in [4.69, 9.17) is 4.74 Å². The predicted molar refractivity (Wildman–Crippen MR) is 59.9 cm³/mol.